The summed E-state index contributed by atoms with van der Waals surface area (Å²) >= 11 is 0. The molecule has 1 aliphatic rings. The van der Waals surface area contributed by atoms with Gasteiger partial charge in [0.25, 0.3) is 5.91 Å². The van der Waals surface area contributed by atoms with Crippen molar-refractivity contribution in [1.82, 2.24) is 20.9 Å². The van der Waals surface area contributed by atoms with Crippen molar-refractivity contribution in [2.75, 3.05) is 26.7 Å². The minimum Gasteiger partial charge on any atom is -0.491 e. The average Bonchev–Trinajstić information content (AvgIpc) is 2.88. The number of fused-ring (bicyclic) bond motifs is 1. The molecule has 0 saturated carbocycles. The summed E-state index contributed by atoms with van der Waals surface area (Å²) in [7, 11) is 1.63. The second-order valence-electron chi connectivity index (χ2n) is 9.75. The number of carbonyl (C=O) groups excluding carboxylic acids is 4. The molecule has 0 bridgehead atoms. The summed E-state index contributed by atoms with van der Waals surface area (Å²) in [5.74, 6) is -1.82. The molecule has 2 atom stereocenters. The first-order chi connectivity index (χ1) is 18.1. The fourth-order valence-electron chi connectivity index (χ4n) is 4.13. The van der Waals surface area contributed by atoms with Crippen LogP contribution in [-0.2, 0) is 20.8 Å². The molecule has 4 amide bonds. The summed E-state index contributed by atoms with van der Waals surface area (Å²) in [6.45, 7) is 4.52. The molecule has 1 aliphatic heterocycles. The molecule has 204 valence electrons. The van der Waals surface area contributed by atoms with Gasteiger partial charge >= 0.3 is 0 Å². The minimum atomic E-state index is -1.20. The van der Waals surface area contributed by atoms with E-state index >= 15 is 0 Å². The summed E-state index contributed by atoms with van der Waals surface area (Å²) in [5, 5.41) is 8.14. The smallest absolute Gasteiger partial charge is 0.255 e. The Kier molecular flexibility index (Phi) is 10.2. The monoisotopic (exact) mass is 526 g/mol. The molecular weight excluding hydrogens is 491 g/mol. The maximum atomic E-state index is 13.2. The lowest BCUT2D eigenvalue weighted by Gasteiger charge is -2.27. The molecule has 2 aromatic rings. The Labute approximate surface area is 222 Å². The average molecular weight is 527 g/mol. The Hall–Kier alpha value is -3.95. The van der Waals surface area contributed by atoms with Crippen molar-refractivity contribution in [2.24, 2.45) is 5.92 Å². The predicted octanol–water partition coefficient (Wildman–Crippen LogP) is 2.05. The van der Waals surface area contributed by atoms with E-state index in [9.17, 15) is 23.6 Å². The number of para-hydroxylation sites is 1. The van der Waals surface area contributed by atoms with Crippen LogP contribution in [0.25, 0.3) is 0 Å². The Morgan fingerprint density at radius 1 is 1.11 bits per heavy atom. The van der Waals surface area contributed by atoms with Crippen molar-refractivity contribution >= 4 is 23.6 Å². The highest BCUT2D eigenvalue weighted by Crippen LogP contribution is 2.19. The lowest BCUT2D eigenvalue weighted by molar-refractivity contribution is -0.136. The van der Waals surface area contributed by atoms with Crippen LogP contribution in [0, 0.1) is 11.7 Å². The maximum Gasteiger partial charge on any atom is 0.255 e. The fourth-order valence-corrected chi connectivity index (χ4v) is 4.13. The number of likely N-dealkylation sites (N-methyl/N-ethyl adjacent to an activating group) is 1. The number of benzene rings is 2. The lowest BCUT2D eigenvalue weighted by atomic mass is 10.0. The minimum absolute atomic E-state index is 0.130. The Morgan fingerprint density at radius 2 is 1.82 bits per heavy atom. The third-order valence-corrected chi connectivity index (χ3v) is 6.17. The van der Waals surface area contributed by atoms with Crippen LogP contribution in [0.2, 0.25) is 0 Å². The van der Waals surface area contributed by atoms with Gasteiger partial charge in [0.2, 0.25) is 17.7 Å². The Bertz CT molecular complexity index is 1140. The molecule has 2 aromatic carbocycles. The summed E-state index contributed by atoms with van der Waals surface area (Å²) in [6, 6.07) is 10.5. The first-order valence-electron chi connectivity index (χ1n) is 12.7. The molecule has 0 aliphatic carbocycles. The molecule has 3 N–H and O–H groups in total. The Morgan fingerprint density at radius 3 is 2.53 bits per heavy atom. The molecule has 9 nitrogen and oxygen atoms in total. The highest BCUT2D eigenvalue weighted by molar-refractivity contribution is 6.01. The van der Waals surface area contributed by atoms with E-state index in [4.69, 9.17) is 4.74 Å². The van der Waals surface area contributed by atoms with Crippen LogP contribution in [-0.4, -0.2) is 67.4 Å². The largest absolute Gasteiger partial charge is 0.491 e. The predicted molar refractivity (Wildman–Crippen MR) is 140 cm³/mol. The first-order valence-corrected chi connectivity index (χ1v) is 12.7. The Balaban J connectivity index is 1.81. The van der Waals surface area contributed by atoms with Gasteiger partial charge in [-0.2, -0.15) is 0 Å². The zero-order valence-electron chi connectivity index (χ0n) is 22.0. The zero-order chi connectivity index (χ0) is 27.7. The van der Waals surface area contributed by atoms with E-state index in [2.05, 4.69) is 16.0 Å². The molecule has 38 heavy (non-hydrogen) atoms. The quantitative estimate of drug-likeness (QED) is 0.533. The number of nitrogens with one attached hydrogen (secondary N) is 3. The number of carbonyl (C=O) groups is 4. The van der Waals surface area contributed by atoms with Crippen molar-refractivity contribution in [3.8, 4) is 5.75 Å². The molecule has 3 rings (SSSR count). The molecule has 0 aromatic heterocycles. The van der Waals surface area contributed by atoms with E-state index in [1.54, 1.807) is 43.4 Å². The van der Waals surface area contributed by atoms with Crippen molar-refractivity contribution in [2.45, 2.75) is 45.2 Å². The van der Waals surface area contributed by atoms with Crippen LogP contribution in [0.3, 0.4) is 0 Å². The van der Waals surface area contributed by atoms with Crippen LogP contribution in [0.4, 0.5) is 4.39 Å². The number of hydrogen-bond donors (Lipinski definition) is 3. The molecule has 0 radical (unpaired) electrons. The summed E-state index contributed by atoms with van der Waals surface area (Å²) in [4.78, 5) is 53.8. The van der Waals surface area contributed by atoms with E-state index in [0.29, 0.717) is 18.6 Å². The normalized spacial score (nSPS) is 19.1. The van der Waals surface area contributed by atoms with Gasteiger partial charge in [0.15, 0.2) is 0 Å². The fraction of sp³-hybridized carbons (Fsp3) is 0.429. The van der Waals surface area contributed by atoms with Gasteiger partial charge in [0.1, 0.15) is 30.3 Å². The molecule has 0 saturated heterocycles. The first kappa shape index (κ1) is 28.6. The van der Waals surface area contributed by atoms with E-state index in [1.165, 1.54) is 17.0 Å². The molecule has 0 unspecified atom stereocenters. The van der Waals surface area contributed by atoms with E-state index < -0.39 is 29.8 Å². The number of halogens is 1. The zero-order valence-corrected chi connectivity index (χ0v) is 22.0. The SMILES string of the molecule is CC(C)C[C@@H]1NC(=O)C[C@@H](C(=O)NCCc2ccc(F)cc2)NC(=O)c2ccccc2OCCN(C)C1=O. The van der Waals surface area contributed by atoms with Crippen molar-refractivity contribution in [3.05, 3.63) is 65.5 Å². The van der Waals surface area contributed by atoms with E-state index in [-0.39, 0.29) is 49.3 Å². The summed E-state index contributed by atoms with van der Waals surface area (Å²) < 4.78 is 19.0. The highest BCUT2D eigenvalue weighted by Gasteiger charge is 2.30. The second kappa shape index (κ2) is 13.6. The third kappa shape index (κ3) is 8.29. The topological polar surface area (TPSA) is 117 Å². The van der Waals surface area contributed by atoms with Gasteiger partial charge in [0.05, 0.1) is 18.5 Å². The van der Waals surface area contributed by atoms with Crippen LogP contribution in [0.1, 0.15) is 42.6 Å². The van der Waals surface area contributed by atoms with Crippen molar-refractivity contribution < 1.29 is 28.3 Å². The van der Waals surface area contributed by atoms with Gasteiger partial charge in [-0.05, 0) is 48.6 Å². The van der Waals surface area contributed by atoms with Gasteiger partial charge in [-0.3, -0.25) is 19.2 Å². The number of ether oxygens (including phenoxy) is 1. The number of nitrogens with zero attached hydrogens (tertiary/aromatic N) is 1. The number of amides is 4. The van der Waals surface area contributed by atoms with Gasteiger partial charge < -0.3 is 25.6 Å². The van der Waals surface area contributed by atoms with E-state index in [1.807, 2.05) is 13.8 Å². The number of hydrogen-bond acceptors (Lipinski definition) is 5. The molecule has 0 fully saturated rings. The van der Waals surface area contributed by atoms with Crippen LogP contribution >= 0.6 is 0 Å². The van der Waals surface area contributed by atoms with Crippen LogP contribution < -0.4 is 20.7 Å². The van der Waals surface area contributed by atoms with E-state index in [0.717, 1.165) is 5.56 Å². The summed E-state index contributed by atoms with van der Waals surface area (Å²) in [5.41, 5.74) is 1.03. The molecular formula is C28H35FN4O5. The van der Waals surface area contributed by atoms with Gasteiger partial charge in [-0.1, -0.05) is 38.1 Å². The number of rotatable bonds is 6. The summed E-state index contributed by atoms with van der Waals surface area (Å²) in [6.07, 6.45) is 0.495. The molecule has 0 spiro atoms. The molecule has 10 heteroatoms. The lowest BCUT2D eigenvalue weighted by Crippen LogP contribution is -2.53. The van der Waals surface area contributed by atoms with Gasteiger partial charge in [-0.25, -0.2) is 4.39 Å². The molecule has 1 heterocycles. The standard InChI is InChI=1S/C28H35FN4O5/c1-18(2)16-23-28(37)33(3)14-15-38-24-7-5-4-6-21(24)26(35)32-22(17-25(34)31-23)27(36)30-13-12-19-8-10-20(29)11-9-19/h4-11,18,22-23H,12-17H2,1-3H3,(H,30,36)(H,31,34)(H,32,35)/t22-,23-/m0/s1. The second-order valence-corrected chi connectivity index (χ2v) is 9.75. The van der Waals surface area contributed by atoms with Crippen LogP contribution in [0.15, 0.2) is 48.5 Å². The third-order valence-electron chi connectivity index (χ3n) is 6.17. The van der Waals surface area contributed by atoms with Gasteiger partial charge in [-0.15, -0.1) is 0 Å². The maximum absolute atomic E-state index is 13.2. The van der Waals surface area contributed by atoms with Crippen LogP contribution in [0.5, 0.6) is 5.75 Å². The van der Waals surface area contributed by atoms with Gasteiger partial charge in [0, 0.05) is 13.6 Å². The highest BCUT2D eigenvalue weighted by atomic mass is 19.1. The van der Waals surface area contributed by atoms with Crippen molar-refractivity contribution in [1.29, 1.82) is 0 Å². The van der Waals surface area contributed by atoms with Crippen molar-refractivity contribution in [3.63, 3.8) is 0 Å².